The molecular formula is C15H23FN2O. The van der Waals surface area contributed by atoms with E-state index in [1.54, 1.807) is 19.4 Å². The van der Waals surface area contributed by atoms with Crippen molar-refractivity contribution in [3.63, 3.8) is 0 Å². The first-order valence-electron chi connectivity index (χ1n) is 7.11. The van der Waals surface area contributed by atoms with Crippen LogP contribution in [0.4, 0.5) is 4.39 Å². The molecule has 0 aliphatic heterocycles. The first-order chi connectivity index (χ1) is 9.22. The molecule has 1 atom stereocenters. The smallest absolute Gasteiger partial charge is 0.141 e. The van der Waals surface area contributed by atoms with Gasteiger partial charge in [-0.15, -0.1) is 0 Å². The van der Waals surface area contributed by atoms with Crippen molar-refractivity contribution < 1.29 is 9.13 Å². The van der Waals surface area contributed by atoms with Crippen LogP contribution in [0.2, 0.25) is 0 Å². The van der Waals surface area contributed by atoms with Gasteiger partial charge in [-0.25, -0.2) is 4.39 Å². The van der Waals surface area contributed by atoms with Crippen molar-refractivity contribution in [1.82, 2.24) is 10.3 Å². The van der Waals surface area contributed by atoms with Crippen molar-refractivity contribution in [2.24, 2.45) is 0 Å². The molecule has 2 rings (SSSR count). The molecule has 1 saturated carbocycles. The minimum atomic E-state index is -0.287. The minimum Gasteiger partial charge on any atom is -0.376 e. The highest BCUT2D eigenvalue weighted by atomic mass is 19.1. The molecule has 1 fully saturated rings. The molecule has 1 unspecified atom stereocenters. The zero-order chi connectivity index (χ0) is 13.7. The Hall–Kier alpha value is -1.00. The van der Waals surface area contributed by atoms with E-state index in [-0.39, 0.29) is 17.5 Å². The summed E-state index contributed by atoms with van der Waals surface area (Å²) in [5.74, 6) is -0.287. The number of pyridine rings is 1. The van der Waals surface area contributed by atoms with Crippen LogP contribution in [0.25, 0.3) is 0 Å². The van der Waals surface area contributed by atoms with Crippen molar-refractivity contribution in [1.29, 1.82) is 0 Å². The lowest BCUT2D eigenvalue weighted by Crippen LogP contribution is -2.44. The van der Waals surface area contributed by atoms with Crippen LogP contribution in [0.1, 0.15) is 50.6 Å². The van der Waals surface area contributed by atoms with Crippen LogP contribution in [0, 0.1) is 5.82 Å². The Kier molecular flexibility index (Phi) is 4.88. The quantitative estimate of drug-likeness (QED) is 0.858. The van der Waals surface area contributed by atoms with Gasteiger partial charge >= 0.3 is 0 Å². The van der Waals surface area contributed by atoms with Crippen LogP contribution in [0.15, 0.2) is 18.5 Å². The monoisotopic (exact) mass is 266 g/mol. The van der Waals surface area contributed by atoms with Crippen molar-refractivity contribution in [2.45, 2.75) is 50.7 Å². The van der Waals surface area contributed by atoms with Gasteiger partial charge in [0.05, 0.1) is 17.8 Å². The summed E-state index contributed by atoms with van der Waals surface area (Å²) >= 11 is 0. The standard InChI is InChI=1S/C15H23FN2O/c1-3-8-18-14(12-9-13(16)11-17-10-12)15(19-2)6-4-5-7-15/h9-11,14,18H,3-8H2,1-2H3. The van der Waals surface area contributed by atoms with Gasteiger partial charge in [-0.1, -0.05) is 19.8 Å². The lowest BCUT2D eigenvalue weighted by atomic mass is 9.87. The lowest BCUT2D eigenvalue weighted by Gasteiger charge is -2.37. The van der Waals surface area contributed by atoms with Gasteiger partial charge in [-0.3, -0.25) is 4.98 Å². The van der Waals surface area contributed by atoms with Gasteiger partial charge in [0.25, 0.3) is 0 Å². The van der Waals surface area contributed by atoms with Gasteiger partial charge in [-0.05, 0) is 37.4 Å². The summed E-state index contributed by atoms with van der Waals surface area (Å²) in [4.78, 5) is 3.98. The molecule has 1 N–H and O–H groups in total. The molecule has 4 heteroatoms. The molecule has 1 aliphatic carbocycles. The fourth-order valence-electron chi connectivity index (χ4n) is 3.07. The Bertz CT molecular complexity index is 405. The Balaban J connectivity index is 2.29. The largest absolute Gasteiger partial charge is 0.376 e. The van der Waals surface area contributed by atoms with E-state index in [0.29, 0.717) is 0 Å². The molecular weight excluding hydrogens is 243 g/mol. The topological polar surface area (TPSA) is 34.2 Å². The summed E-state index contributed by atoms with van der Waals surface area (Å²) in [5, 5.41) is 3.51. The zero-order valence-electron chi connectivity index (χ0n) is 11.8. The summed E-state index contributed by atoms with van der Waals surface area (Å²) in [5.41, 5.74) is 0.669. The number of ether oxygens (including phenoxy) is 1. The van der Waals surface area contributed by atoms with E-state index in [1.165, 1.54) is 19.0 Å². The van der Waals surface area contributed by atoms with E-state index >= 15 is 0 Å². The fourth-order valence-corrected chi connectivity index (χ4v) is 3.07. The molecule has 0 spiro atoms. The predicted octanol–water partition coefficient (Wildman–Crippen LogP) is 3.22. The van der Waals surface area contributed by atoms with Crippen LogP contribution in [-0.4, -0.2) is 24.2 Å². The van der Waals surface area contributed by atoms with Crippen LogP contribution in [0.5, 0.6) is 0 Å². The Morgan fingerprint density at radius 2 is 2.16 bits per heavy atom. The molecule has 0 aromatic carbocycles. The third kappa shape index (κ3) is 3.12. The molecule has 1 aromatic rings. The van der Waals surface area contributed by atoms with Crippen molar-refractivity contribution in [2.75, 3.05) is 13.7 Å². The van der Waals surface area contributed by atoms with E-state index in [1.807, 2.05) is 0 Å². The van der Waals surface area contributed by atoms with E-state index < -0.39 is 0 Å². The van der Waals surface area contributed by atoms with Gasteiger partial charge < -0.3 is 10.1 Å². The number of nitrogens with zero attached hydrogens (tertiary/aromatic N) is 1. The van der Waals surface area contributed by atoms with Crippen LogP contribution < -0.4 is 5.32 Å². The van der Waals surface area contributed by atoms with E-state index in [0.717, 1.165) is 31.4 Å². The molecule has 0 amide bonds. The number of halogens is 1. The fraction of sp³-hybridized carbons (Fsp3) is 0.667. The highest BCUT2D eigenvalue weighted by molar-refractivity contribution is 5.20. The maximum atomic E-state index is 13.4. The molecule has 106 valence electrons. The Morgan fingerprint density at radius 3 is 2.74 bits per heavy atom. The van der Waals surface area contributed by atoms with Crippen molar-refractivity contribution in [3.05, 3.63) is 29.8 Å². The van der Waals surface area contributed by atoms with Gasteiger partial charge in [0.2, 0.25) is 0 Å². The Morgan fingerprint density at radius 1 is 1.42 bits per heavy atom. The highest BCUT2D eigenvalue weighted by Gasteiger charge is 2.42. The summed E-state index contributed by atoms with van der Waals surface area (Å²) in [7, 11) is 1.76. The second-order valence-electron chi connectivity index (χ2n) is 5.30. The molecule has 1 aliphatic rings. The predicted molar refractivity (Wildman–Crippen MR) is 73.4 cm³/mol. The summed E-state index contributed by atoms with van der Waals surface area (Å²) in [6, 6.07) is 1.59. The SMILES string of the molecule is CCCNC(c1cncc(F)c1)C1(OC)CCCC1. The first-order valence-corrected chi connectivity index (χ1v) is 7.11. The third-order valence-corrected chi connectivity index (χ3v) is 4.04. The number of aromatic nitrogens is 1. The van der Waals surface area contributed by atoms with Gasteiger partial charge in [-0.2, -0.15) is 0 Å². The van der Waals surface area contributed by atoms with Crippen molar-refractivity contribution >= 4 is 0 Å². The van der Waals surface area contributed by atoms with Crippen LogP contribution >= 0.6 is 0 Å². The molecule has 0 bridgehead atoms. The van der Waals surface area contributed by atoms with Crippen LogP contribution in [-0.2, 0) is 4.74 Å². The van der Waals surface area contributed by atoms with E-state index in [2.05, 4.69) is 17.2 Å². The number of hydrogen-bond donors (Lipinski definition) is 1. The molecule has 1 heterocycles. The summed E-state index contributed by atoms with van der Waals surface area (Å²) in [6.07, 6.45) is 8.40. The second kappa shape index (κ2) is 6.44. The number of hydrogen-bond acceptors (Lipinski definition) is 3. The molecule has 19 heavy (non-hydrogen) atoms. The Labute approximate surface area is 114 Å². The number of rotatable bonds is 6. The third-order valence-electron chi connectivity index (χ3n) is 4.04. The maximum absolute atomic E-state index is 13.4. The van der Waals surface area contributed by atoms with Crippen molar-refractivity contribution in [3.8, 4) is 0 Å². The number of nitrogens with one attached hydrogen (secondary N) is 1. The molecule has 1 aromatic heterocycles. The van der Waals surface area contributed by atoms with Crippen LogP contribution in [0.3, 0.4) is 0 Å². The van der Waals surface area contributed by atoms with Gasteiger partial charge in [0.15, 0.2) is 0 Å². The highest BCUT2D eigenvalue weighted by Crippen LogP contribution is 2.42. The molecule has 3 nitrogen and oxygen atoms in total. The normalized spacial score (nSPS) is 19.5. The molecule has 0 radical (unpaired) electrons. The maximum Gasteiger partial charge on any atom is 0.141 e. The average molecular weight is 266 g/mol. The lowest BCUT2D eigenvalue weighted by molar-refractivity contribution is -0.0369. The second-order valence-corrected chi connectivity index (χ2v) is 5.30. The first kappa shape index (κ1) is 14.4. The zero-order valence-corrected chi connectivity index (χ0v) is 11.8. The average Bonchev–Trinajstić information content (AvgIpc) is 2.89. The van der Waals surface area contributed by atoms with E-state index in [9.17, 15) is 4.39 Å². The summed E-state index contributed by atoms with van der Waals surface area (Å²) in [6.45, 7) is 3.02. The van der Waals surface area contributed by atoms with Gasteiger partial charge in [0.1, 0.15) is 5.82 Å². The number of methoxy groups -OCH3 is 1. The van der Waals surface area contributed by atoms with Gasteiger partial charge in [0, 0.05) is 13.3 Å². The van der Waals surface area contributed by atoms with E-state index in [4.69, 9.17) is 4.74 Å². The summed E-state index contributed by atoms with van der Waals surface area (Å²) < 4.78 is 19.3. The molecule has 0 saturated heterocycles. The minimum absolute atomic E-state index is 0.0168.